The Bertz CT molecular complexity index is 1380. The Morgan fingerprint density at radius 1 is 1.29 bits per heavy atom. The van der Waals surface area contributed by atoms with Crippen molar-refractivity contribution >= 4 is 16.9 Å². The molecule has 31 heavy (non-hydrogen) atoms. The van der Waals surface area contributed by atoms with Crippen molar-refractivity contribution in [2.75, 3.05) is 7.11 Å². The molecular formula is C22H18F2N2O5. The van der Waals surface area contributed by atoms with E-state index in [2.05, 4.69) is 4.98 Å². The van der Waals surface area contributed by atoms with E-state index < -0.39 is 28.8 Å². The summed E-state index contributed by atoms with van der Waals surface area (Å²) in [7, 11) is 1.25. The molecule has 0 aliphatic carbocycles. The van der Waals surface area contributed by atoms with E-state index in [1.807, 2.05) is 0 Å². The van der Waals surface area contributed by atoms with Gasteiger partial charge in [0.2, 0.25) is 5.82 Å². The number of pyridine rings is 2. The Kier molecular flexibility index (Phi) is 4.01. The Hall–Kier alpha value is -3.33. The Morgan fingerprint density at radius 3 is 2.71 bits per heavy atom. The summed E-state index contributed by atoms with van der Waals surface area (Å²) < 4.78 is 40.0. The average molecular weight is 428 g/mol. The second-order valence-electron chi connectivity index (χ2n) is 7.77. The third kappa shape index (κ3) is 2.38. The zero-order valence-corrected chi connectivity index (χ0v) is 17.0. The second-order valence-corrected chi connectivity index (χ2v) is 7.77. The van der Waals surface area contributed by atoms with Crippen LogP contribution in [0.2, 0.25) is 0 Å². The van der Waals surface area contributed by atoms with E-state index in [4.69, 9.17) is 9.47 Å². The summed E-state index contributed by atoms with van der Waals surface area (Å²) in [5.74, 6) is -3.26. The van der Waals surface area contributed by atoms with E-state index in [1.165, 1.54) is 11.7 Å². The van der Waals surface area contributed by atoms with Crippen LogP contribution >= 0.6 is 0 Å². The molecule has 0 unspecified atom stereocenters. The summed E-state index contributed by atoms with van der Waals surface area (Å²) in [6, 6.07) is 2.56. The number of aromatic nitrogens is 2. The van der Waals surface area contributed by atoms with Gasteiger partial charge in [0.1, 0.15) is 6.61 Å². The molecule has 0 fully saturated rings. The predicted molar refractivity (Wildman–Crippen MR) is 106 cm³/mol. The second kappa shape index (κ2) is 6.34. The number of aliphatic hydroxyl groups is 1. The van der Waals surface area contributed by atoms with Gasteiger partial charge in [-0.1, -0.05) is 6.92 Å². The first kappa shape index (κ1) is 19.6. The SMILES string of the molecule is CC[C@@]1(O)C(=O)OCc2c1cc1n(c2=O)Cc2c-1nc1cc(F)c(F)c(OC)c1c2C. The number of halogens is 2. The number of hydrogen-bond acceptors (Lipinski definition) is 6. The lowest BCUT2D eigenvalue weighted by atomic mass is 9.86. The fourth-order valence-electron chi connectivity index (χ4n) is 4.56. The lowest BCUT2D eigenvalue weighted by Gasteiger charge is -2.31. The van der Waals surface area contributed by atoms with Crippen LogP contribution in [0.4, 0.5) is 8.78 Å². The molecule has 160 valence electrons. The van der Waals surface area contributed by atoms with E-state index in [0.29, 0.717) is 27.9 Å². The topological polar surface area (TPSA) is 90.7 Å². The van der Waals surface area contributed by atoms with Gasteiger partial charge < -0.3 is 19.1 Å². The number of benzene rings is 1. The van der Waals surface area contributed by atoms with Crippen molar-refractivity contribution in [3.63, 3.8) is 0 Å². The fraction of sp³-hybridized carbons (Fsp3) is 0.318. The van der Waals surface area contributed by atoms with Gasteiger partial charge in [-0.05, 0) is 25.0 Å². The van der Waals surface area contributed by atoms with Gasteiger partial charge in [-0.25, -0.2) is 14.2 Å². The van der Waals surface area contributed by atoms with Gasteiger partial charge in [-0.15, -0.1) is 0 Å². The van der Waals surface area contributed by atoms with Crippen LogP contribution in [0.25, 0.3) is 22.3 Å². The largest absolute Gasteiger partial charge is 0.493 e. The molecule has 1 atom stereocenters. The number of carbonyl (C=O) groups excluding carboxylic acids is 1. The van der Waals surface area contributed by atoms with Gasteiger partial charge in [-0.3, -0.25) is 4.79 Å². The number of cyclic esters (lactones) is 1. The van der Waals surface area contributed by atoms with Gasteiger partial charge in [0, 0.05) is 22.6 Å². The number of nitrogens with zero attached hydrogens (tertiary/aromatic N) is 2. The number of rotatable bonds is 2. The summed E-state index contributed by atoms with van der Waals surface area (Å²) >= 11 is 0. The van der Waals surface area contributed by atoms with Gasteiger partial charge in [0.05, 0.1) is 36.1 Å². The van der Waals surface area contributed by atoms with Crippen LogP contribution in [0.3, 0.4) is 0 Å². The minimum Gasteiger partial charge on any atom is -0.493 e. The molecule has 5 rings (SSSR count). The van der Waals surface area contributed by atoms with Crippen molar-refractivity contribution in [1.82, 2.24) is 9.55 Å². The van der Waals surface area contributed by atoms with Crippen molar-refractivity contribution in [3.8, 4) is 17.1 Å². The molecule has 0 saturated heterocycles. The smallest absolute Gasteiger partial charge is 0.343 e. The zero-order valence-electron chi connectivity index (χ0n) is 17.0. The first-order valence-corrected chi connectivity index (χ1v) is 9.75. The first-order chi connectivity index (χ1) is 14.7. The lowest BCUT2D eigenvalue weighted by Crippen LogP contribution is -2.44. The molecule has 0 amide bonds. The van der Waals surface area contributed by atoms with Crippen molar-refractivity contribution in [2.45, 2.75) is 39.0 Å². The van der Waals surface area contributed by atoms with Gasteiger partial charge in [0.25, 0.3) is 5.56 Å². The molecular weight excluding hydrogens is 410 g/mol. The van der Waals surface area contributed by atoms with Crippen LogP contribution in [0.1, 0.15) is 35.6 Å². The van der Waals surface area contributed by atoms with Crippen LogP contribution in [0.5, 0.6) is 5.75 Å². The maximum Gasteiger partial charge on any atom is 0.343 e. The van der Waals surface area contributed by atoms with Crippen molar-refractivity contribution in [2.24, 2.45) is 0 Å². The molecule has 2 aliphatic heterocycles. The molecule has 2 aliphatic rings. The maximum absolute atomic E-state index is 14.3. The highest BCUT2D eigenvalue weighted by atomic mass is 19.2. The van der Waals surface area contributed by atoms with Crippen LogP contribution in [-0.4, -0.2) is 27.7 Å². The van der Waals surface area contributed by atoms with Gasteiger partial charge in [0.15, 0.2) is 17.2 Å². The van der Waals surface area contributed by atoms with Gasteiger partial charge >= 0.3 is 5.97 Å². The third-order valence-corrected chi connectivity index (χ3v) is 6.31. The number of fused-ring (bicyclic) bond motifs is 5. The average Bonchev–Trinajstić information content (AvgIpc) is 3.12. The number of aryl methyl sites for hydroxylation is 1. The third-order valence-electron chi connectivity index (χ3n) is 6.31. The minimum absolute atomic E-state index is 0.0282. The first-order valence-electron chi connectivity index (χ1n) is 9.75. The quantitative estimate of drug-likeness (QED) is 0.494. The van der Waals surface area contributed by atoms with E-state index in [0.717, 1.165) is 6.07 Å². The van der Waals surface area contributed by atoms with Crippen molar-refractivity contribution in [3.05, 3.63) is 56.4 Å². The fourth-order valence-corrected chi connectivity index (χ4v) is 4.56. The highest BCUT2D eigenvalue weighted by Crippen LogP contribution is 2.42. The van der Waals surface area contributed by atoms with Crippen molar-refractivity contribution in [1.29, 1.82) is 0 Å². The molecule has 1 aromatic carbocycles. The zero-order chi connectivity index (χ0) is 22.2. The number of hydrogen-bond donors (Lipinski definition) is 1. The van der Waals surface area contributed by atoms with E-state index in [9.17, 15) is 23.5 Å². The van der Waals surface area contributed by atoms with E-state index in [1.54, 1.807) is 19.9 Å². The molecule has 3 aromatic rings. The Balaban J connectivity index is 1.85. The molecule has 1 N–H and O–H groups in total. The molecule has 7 nitrogen and oxygen atoms in total. The molecule has 2 aromatic heterocycles. The number of carbonyl (C=O) groups is 1. The predicted octanol–water partition coefficient (Wildman–Crippen LogP) is 2.67. The highest BCUT2D eigenvalue weighted by molar-refractivity contribution is 5.93. The summed E-state index contributed by atoms with van der Waals surface area (Å²) in [5.41, 5.74) is 0.307. The van der Waals surface area contributed by atoms with E-state index >= 15 is 0 Å². The normalized spacial score (nSPS) is 19.1. The summed E-state index contributed by atoms with van der Waals surface area (Å²) in [6.07, 6.45) is 0.0282. The van der Waals surface area contributed by atoms with E-state index in [-0.39, 0.29) is 42.0 Å². The summed E-state index contributed by atoms with van der Waals surface area (Å²) in [4.78, 5) is 30.0. The monoisotopic (exact) mass is 428 g/mol. The number of esters is 1. The molecule has 0 bridgehead atoms. The Morgan fingerprint density at radius 2 is 2.03 bits per heavy atom. The van der Waals surface area contributed by atoms with Crippen LogP contribution in [-0.2, 0) is 28.3 Å². The maximum atomic E-state index is 14.3. The molecule has 4 heterocycles. The standard InChI is InChI=1S/C22H18F2N2O5/c1-4-22(29)12-5-15-18-10(7-26(15)20(27)11(12)8-31-21(22)28)9(2)16-14(25-18)6-13(23)17(24)19(16)30-3/h5-6,29H,4,7-8H2,1-3H3/t22-/m0/s1. The van der Waals surface area contributed by atoms with Crippen molar-refractivity contribution < 1.29 is 28.2 Å². The molecule has 0 saturated carbocycles. The van der Waals surface area contributed by atoms with Crippen LogP contribution < -0.4 is 10.3 Å². The number of methoxy groups -OCH3 is 1. The molecule has 9 heteroatoms. The highest BCUT2D eigenvalue weighted by Gasteiger charge is 2.45. The lowest BCUT2D eigenvalue weighted by molar-refractivity contribution is -0.172. The van der Waals surface area contributed by atoms with Crippen LogP contribution in [0.15, 0.2) is 16.9 Å². The van der Waals surface area contributed by atoms with Gasteiger partial charge in [-0.2, -0.15) is 4.39 Å². The number of ether oxygens (including phenoxy) is 2. The minimum atomic E-state index is -1.94. The molecule has 0 spiro atoms. The Labute approximate surface area is 174 Å². The summed E-state index contributed by atoms with van der Waals surface area (Å²) in [5, 5.41) is 11.2. The van der Waals surface area contributed by atoms with Crippen LogP contribution in [0, 0.1) is 18.6 Å². The summed E-state index contributed by atoms with van der Waals surface area (Å²) in [6.45, 7) is 3.28. The molecule has 0 radical (unpaired) electrons.